The Morgan fingerprint density at radius 1 is 1.25 bits per heavy atom. The smallest absolute Gasteiger partial charge is 0.332 e. The van der Waals surface area contributed by atoms with Crippen molar-refractivity contribution in [2.75, 3.05) is 13.2 Å². The van der Waals surface area contributed by atoms with E-state index in [0.717, 1.165) is 11.4 Å². The minimum atomic E-state index is -0.413. The average Bonchev–Trinajstić information content (AvgIpc) is 3.17. The molecule has 0 atom stereocenters. The van der Waals surface area contributed by atoms with E-state index in [1.165, 1.54) is 9.13 Å². The molecule has 146 valence electrons. The van der Waals surface area contributed by atoms with Crippen LogP contribution in [-0.4, -0.2) is 36.3 Å². The van der Waals surface area contributed by atoms with E-state index in [1.54, 1.807) is 17.5 Å². The number of aromatic nitrogens is 5. The standard InChI is InChI=1S/C19H20ClN5O3/c1-4-28-9-8-23-17(26)15-16(22(3)19(23)27)21-18-24(15)11-12(2)25(18)14-7-5-6-13(20)10-14/h5-7,10-11H,4,8-9H2,1-3H3. The van der Waals surface area contributed by atoms with Gasteiger partial charge in [-0.25, -0.2) is 4.79 Å². The molecular formula is C19H20ClN5O3. The maximum atomic E-state index is 13.1. The van der Waals surface area contributed by atoms with E-state index in [0.29, 0.717) is 35.2 Å². The van der Waals surface area contributed by atoms with Gasteiger partial charge in [0.25, 0.3) is 5.56 Å². The van der Waals surface area contributed by atoms with Gasteiger partial charge in [-0.3, -0.25) is 22.9 Å². The van der Waals surface area contributed by atoms with Crippen LogP contribution in [0.5, 0.6) is 0 Å². The number of rotatable bonds is 5. The highest BCUT2D eigenvalue weighted by atomic mass is 35.5. The summed E-state index contributed by atoms with van der Waals surface area (Å²) in [7, 11) is 1.62. The molecule has 9 heteroatoms. The van der Waals surface area contributed by atoms with Crippen molar-refractivity contribution in [1.82, 2.24) is 23.1 Å². The molecular weight excluding hydrogens is 382 g/mol. The molecule has 0 aliphatic heterocycles. The minimum Gasteiger partial charge on any atom is -0.380 e. The summed E-state index contributed by atoms with van der Waals surface area (Å²) in [6, 6.07) is 7.39. The summed E-state index contributed by atoms with van der Waals surface area (Å²) >= 11 is 6.15. The lowest BCUT2D eigenvalue weighted by atomic mass is 10.3. The number of nitrogens with zero attached hydrogens (tertiary/aromatic N) is 5. The second-order valence-electron chi connectivity index (χ2n) is 6.54. The van der Waals surface area contributed by atoms with E-state index < -0.39 is 5.69 Å². The van der Waals surface area contributed by atoms with Crippen LogP contribution < -0.4 is 11.2 Å². The van der Waals surface area contributed by atoms with Gasteiger partial charge in [-0.15, -0.1) is 0 Å². The zero-order chi connectivity index (χ0) is 20.0. The lowest BCUT2D eigenvalue weighted by Crippen LogP contribution is -2.40. The van der Waals surface area contributed by atoms with Crippen molar-refractivity contribution >= 4 is 28.5 Å². The summed E-state index contributed by atoms with van der Waals surface area (Å²) in [5.74, 6) is 0.546. The number of ether oxygens (including phenoxy) is 1. The van der Waals surface area contributed by atoms with E-state index in [1.807, 2.05) is 42.8 Å². The summed E-state index contributed by atoms with van der Waals surface area (Å²) in [5.41, 5.74) is 1.63. The first-order chi connectivity index (χ1) is 13.4. The summed E-state index contributed by atoms with van der Waals surface area (Å²) in [6.07, 6.45) is 1.84. The zero-order valence-electron chi connectivity index (χ0n) is 15.8. The Balaban J connectivity index is 2.02. The first-order valence-corrected chi connectivity index (χ1v) is 9.35. The highest BCUT2D eigenvalue weighted by molar-refractivity contribution is 6.30. The van der Waals surface area contributed by atoms with E-state index in [4.69, 9.17) is 16.3 Å². The SMILES string of the molecule is CCOCCn1c(=O)c2c(nc3n(-c4cccc(Cl)c4)c(C)cn23)n(C)c1=O. The fourth-order valence-electron chi connectivity index (χ4n) is 3.44. The van der Waals surface area contributed by atoms with Gasteiger partial charge in [0, 0.05) is 30.6 Å². The van der Waals surface area contributed by atoms with Gasteiger partial charge in [0.15, 0.2) is 11.2 Å². The molecule has 4 rings (SSSR count). The number of aryl methyl sites for hydroxylation is 2. The molecule has 0 unspecified atom stereocenters. The monoisotopic (exact) mass is 401 g/mol. The van der Waals surface area contributed by atoms with E-state index in [9.17, 15) is 9.59 Å². The zero-order valence-corrected chi connectivity index (χ0v) is 16.6. The summed E-state index contributed by atoms with van der Waals surface area (Å²) in [4.78, 5) is 30.3. The second-order valence-corrected chi connectivity index (χ2v) is 6.97. The predicted octanol–water partition coefficient (Wildman–Crippen LogP) is 2.14. The Labute approximate surface area is 165 Å². The lowest BCUT2D eigenvalue weighted by molar-refractivity contribution is 0.137. The molecule has 4 aromatic rings. The summed E-state index contributed by atoms with van der Waals surface area (Å²) in [6.45, 7) is 4.80. The van der Waals surface area contributed by atoms with Crippen LogP contribution in [0.3, 0.4) is 0 Å². The van der Waals surface area contributed by atoms with Gasteiger partial charge in [0.05, 0.1) is 18.8 Å². The van der Waals surface area contributed by atoms with Crippen LogP contribution in [0.15, 0.2) is 40.1 Å². The van der Waals surface area contributed by atoms with Crippen LogP contribution >= 0.6 is 11.6 Å². The maximum Gasteiger partial charge on any atom is 0.332 e. The van der Waals surface area contributed by atoms with Gasteiger partial charge < -0.3 is 4.74 Å². The molecule has 1 aromatic carbocycles. The molecule has 0 radical (unpaired) electrons. The fourth-order valence-corrected chi connectivity index (χ4v) is 3.63. The molecule has 0 saturated carbocycles. The second kappa shape index (κ2) is 6.96. The Bertz CT molecular complexity index is 1310. The number of benzene rings is 1. The predicted molar refractivity (Wildman–Crippen MR) is 108 cm³/mol. The Morgan fingerprint density at radius 3 is 2.75 bits per heavy atom. The van der Waals surface area contributed by atoms with Crippen molar-refractivity contribution in [3.8, 4) is 5.69 Å². The van der Waals surface area contributed by atoms with Crippen LogP contribution in [0.1, 0.15) is 12.6 Å². The molecule has 3 heterocycles. The topological polar surface area (TPSA) is 75.5 Å². The quantitative estimate of drug-likeness (QED) is 0.480. The first kappa shape index (κ1) is 18.5. The van der Waals surface area contributed by atoms with Crippen LogP contribution in [0.2, 0.25) is 5.02 Å². The summed E-state index contributed by atoms with van der Waals surface area (Å²) in [5, 5.41) is 0.602. The largest absolute Gasteiger partial charge is 0.380 e. The van der Waals surface area contributed by atoms with Gasteiger partial charge in [-0.1, -0.05) is 17.7 Å². The van der Waals surface area contributed by atoms with Crippen LogP contribution in [0, 0.1) is 6.92 Å². The minimum absolute atomic E-state index is 0.191. The molecule has 0 bridgehead atoms. The number of halogens is 1. The Morgan fingerprint density at radius 2 is 2.04 bits per heavy atom. The average molecular weight is 402 g/mol. The normalized spacial score (nSPS) is 11.7. The maximum absolute atomic E-state index is 13.1. The number of hydrogen-bond acceptors (Lipinski definition) is 4. The Kier molecular flexibility index (Phi) is 4.60. The van der Waals surface area contributed by atoms with Crippen molar-refractivity contribution in [2.24, 2.45) is 7.05 Å². The van der Waals surface area contributed by atoms with E-state index in [2.05, 4.69) is 4.98 Å². The highest BCUT2D eigenvalue weighted by Gasteiger charge is 2.20. The lowest BCUT2D eigenvalue weighted by Gasteiger charge is -2.08. The van der Waals surface area contributed by atoms with Crippen LogP contribution in [-0.2, 0) is 18.3 Å². The molecule has 0 saturated heterocycles. The third kappa shape index (κ3) is 2.76. The number of imidazole rings is 2. The highest BCUT2D eigenvalue weighted by Crippen LogP contribution is 2.22. The molecule has 0 spiro atoms. The van der Waals surface area contributed by atoms with Crippen LogP contribution in [0.25, 0.3) is 22.6 Å². The van der Waals surface area contributed by atoms with Gasteiger partial charge in [-0.05, 0) is 32.0 Å². The molecule has 0 aliphatic carbocycles. The third-order valence-corrected chi connectivity index (χ3v) is 4.99. The molecule has 3 aromatic heterocycles. The first-order valence-electron chi connectivity index (χ1n) is 8.97. The van der Waals surface area contributed by atoms with Gasteiger partial charge in [-0.2, -0.15) is 4.98 Å². The molecule has 0 N–H and O–H groups in total. The van der Waals surface area contributed by atoms with E-state index in [-0.39, 0.29) is 12.1 Å². The third-order valence-electron chi connectivity index (χ3n) is 4.76. The van der Waals surface area contributed by atoms with E-state index >= 15 is 0 Å². The molecule has 0 amide bonds. The van der Waals surface area contributed by atoms with Crippen molar-refractivity contribution in [2.45, 2.75) is 20.4 Å². The van der Waals surface area contributed by atoms with Crippen molar-refractivity contribution in [3.63, 3.8) is 0 Å². The summed E-state index contributed by atoms with van der Waals surface area (Å²) < 4.78 is 11.5. The fraction of sp³-hybridized carbons (Fsp3) is 0.316. The molecule has 0 aliphatic rings. The number of fused-ring (bicyclic) bond motifs is 3. The van der Waals surface area contributed by atoms with Crippen molar-refractivity contribution in [1.29, 1.82) is 0 Å². The van der Waals surface area contributed by atoms with Gasteiger partial charge in [0.2, 0.25) is 5.78 Å². The van der Waals surface area contributed by atoms with Crippen molar-refractivity contribution < 1.29 is 4.74 Å². The Hall–Kier alpha value is -2.84. The number of hydrogen-bond donors (Lipinski definition) is 0. The van der Waals surface area contributed by atoms with Crippen molar-refractivity contribution in [3.05, 3.63) is 62.0 Å². The molecule has 28 heavy (non-hydrogen) atoms. The molecule has 0 fully saturated rings. The molecule has 8 nitrogen and oxygen atoms in total. The van der Waals surface area contributed by atoms with Crippen LogP contribution in [0.4, 0.5) is 0 Å². The van der Waals surface area contributed by atoms with Gasteiger partial charge in [0.1, 0.15) is 0 Å². The van der Waals surface area contributed by atoms with Gasteiger partial charge >= 0.3 is 5.69 Å².